The number of benzene rings is 3. The number of anilines is 5. The quantitative estimate of drug-likeness (QED) is 0.161. The number of carbonyl (C=O) groups excluding carboxylic acids is 4. The molecule has 4 aliphatic heterocycles. The molecule has 3 N–H and O–H groups in total. The van der Waals surface area contributed by atoms with Gasteiger partial charge < -0.3 is 20.4 Å². The number of nitrogens with one attached hydrogen (secondary N) is 3. The van der Waals surface area contributed by atoms with Crippen molar-refractivity contribution in [1.29, 1.82) is 0 Å². The van der Waals surface area contributed by atoms with E-state index in [1.54, 1.807) is 16.8 Å². The Hall–Kier alpha value is -6.15. The first-order valence-corrected chi connectivity index (χ1v) is 19.8. The lowest BCUT2D eigenvalue weighted by atomic mass is 9.89. The van der Waals surface area contributed by atoms with Crippen LogP contribution in [0.15, 0.2) is 66.9 Å². The van der Waals surface area contributed by atoms with Gasteiger partial charge in [-0.15, -0.1) is 0 Å². The topological polar surface area (TPSA) is 158 Å². The highest BCUT2D eigenvalue weighted by atomic mass is 16.2. The molecule has 3 saturated heterocycles. The largest absolute Gasteiger partial charge is 0.371 e. The van der Waals surface area contributed by atoms with Crippen LogP contribution in [-0.4, -0.2) is 91.9 Å². The lowest BCUT2D eigenvalue weighted by Crippen LogP contribution is -2.54. The van der Waals surface area contributed by atoms with Crippen molar-refractivity contribution >= 4 is 63.5 Å². The maximum absolute atomic E-state index is 13.4. The van der Waals surface area contributed by atoms with Crippen LogP contribution < -0.4 is 20.9 Å². The summed E-state index contributed by atoms with van der Waals surface area (Å²) in [5, 5.41) is 14.7. The highest BCUT2D eigenvalue weighted by Crippen LogP contribution is 2.35. The minimum Gasteiger partial charge on any atom is -0.371 e. The van der Waals surface area contributed by atoms with E-state index in [4.69, 9.17) is 10.1 Å². The van der Waals surface area contributed by atoms with Crippen molar-refractivity contribution in [1.82, 2.24) is 34.9 Å². The number of aromatic nitrogens is 4. The number of hydrogen-bond donors (Lipinski definition) is 3. The smallest absolute Gasteiger partial charge is 0.262 e. The van der Waals surface area contributed by atoms with Crippen molar-refractivity contribution in [3.8, 4) is 0 Å². The molecule has 0 radical (unpaired) electrons. The first-order chi connectivity index (χ1) is 27.6. The number of imide groups is 2. The summed E-state index contributed by atoms with van der Waals surface area (Å²) in [6.07, 6.45) is 5.33. The number of para-hydroxylation sites is 1. The minimum absolute atomic E-state index is 0.102. The van der Waals surface area contributed by atoms with Crippen molar-refractivity contribution in [2.24, 2.45) is 13.0 Å². The van der Waals surface area contributed by atoms with Gasteiger partial charge in [-0.2, -0.15) is 10.1 Å². The Morgan fingerprint density at radius 1 is 0.842 bits per heavy atom. The molecule has 0 saturated carbocycles. The van der Waals surface area contributed by atoms with E-state index in [1.807, 2.05) is 19.3 Å². The predicted molar refractivity (Wildman–Crippen MR) is 217 cm³/mol. The molecule has 3 aromatic carbocycles. The first kappa shape index (κ1) is 36.5. The molecule has 292 valence electrons. The van der Waals surface area contributed by atoms with Gasteiger partial charge in [-0.25, -0.2) is 9.67 Å². The monoisotopic (exact) mass is 766 g/mol. The zero-order valence-electron chi connectivity index (χ0n) is 32.4. The van der Waals surface area contributed by atoms with Crippen LogP contribution in [0.4, 0.5) is 28.8 Å². The second kappa shape index (κ2) is 14.7. The van der Waals surface area contributed by atoms with Gasteiger partial charge in [-0.1, -0.05) is 30.3 Å². The molecule has 2 aromatic heterocycles. The standard InChI is InChI=1S/C43H46N10O4/c1-25-5-4-6-26(2)37(25)47-38-34-22-44-43(48-39(34)50(3)49-38)45-30-9-7-28(8-10-30)29-16-18-51(19-17-29)23-27-15-20-52(24-27)31-11-12-32-33(21-31)42(57)53(41(32)56)35-13-14-36(54)46-40(35)55/h4-12,21-22,27,29,35H,13-20,23-24H2,1-3H3,(H,47,49)(H,44,45,48)(H,46,54,55)/t27-,35?/m1/s1. The molecule has 5 aromatic rings. The molecule has 0 spiro atoms. The number of likely N-dealkylation sites (tertiary alicyclic amines) is 1. The van der Waals surface area contributed by atoms with Crippen LogP contribution in [-0.2, 0) is 16.6 Å². The SMILES string of the molecule is Cc1cccc(C)c1Nc1nn(C)c2nc(Nc3ccc(C4CCN(C[C@H]5CCN(c6ccc7c(c6)C(=O)N(C6CCC(=O)NC6=O)C7=O)C5)CC4)cc3)ncc12. The van der Waals surface area contributed by atoms with Crippen LogP contribution in [0.3, 0.4) is 0 Å². The van der Waals surface area contributed by atoms with Gasteiger partial charge in [-0.3, -0.25) is 29.4 Å². The number of fused-ring (bicyclic) bond motifs is 2. The third-order valence-electron chi connectivity index (χ3n) is 12.1. The Balaban J connectivity index is 0.766. The zero-order chi connectivity index (χ0) is 39.4. The molecule has 0 aliphatic carbocycles. The Bertz CT molecular complexity index is 2400. The van der Waals surface area contributed by atoms with E-state index in [0.717, 1.165) is 102 Å². The summed E-state index contributed by atoms with van der Waals surface area (Å²) in [5.41, 5.74) is 7.92. The number of amides is 4. The van der Waals surface area contributed by atoms with Gasteiger partial charge >= 0.3 is 0 Å². The summed E-state index contributed by atoms with van der Waals surface area (Å²) >= 11 is 0. The Morgan fingerprint density at radius 2 is 1.60 bits per heavy atom. The maximum Gasteiger partial charge on any atom is 0.262 e. The zero-order valence-corrected chi connectivity index (χ0v) is 32.4. The average Bonchev–Trinajstić information content (AvgIpc) is 3.87. The molecule has 6 heterocycles. The van der Waals surface area contributed by atoms with E-state index in [1.165, 1.54) is 5.56 Å². The van der Waals surface area contributed by atoms with E-state index in [2.05, 4.69) is 87.0 Å². The maximum atomic E-state index is 13.4. The number of nitrogens with zero attached hydrogens (tertiary/aromatic N) is 7. The number of rotatable bonds is 9. The minimum atomic E-state index is -0.961. The van der Waals surface area contributed by atoms with Gasteiger partial charge in [0.15, 0.2) is 11.5 Å². The fourth-order valence-corrected chi connectivity index (χ4v) is 8.97. The lowest BCUT2D eigenvalue weighted by molar-refractivity contribution is -0.136. The molecule has 57 heavy (non-hydrogen) atoms. The van der Waals surface area contributed by atoms with Crippen LogP contribution in [0.25, 0.3) is 11.0 Å². The molecule has 2 atom stereocenters. The fourth-order valence-electron chi connectivity index (χ4n) is 8.97. The van der Waals surface area contributed by atoms with Gasteiger partial charge in [-0.05, 0) is 111 Å². The van der Waals surface area contributed by atoms with Crippen molar-refractivity contribution in [2.45, 2.75) is 57.9 Å². The number of aryl methyl sites for hydroxylation is 3. The third kappa shape index (κ3) is 6.98. The molecule has 14 heteroatoms. The van der Waals surface area contributed by atoms with Crippen LogP contribution in [0.1, 0.15) is 75.4 Å². The van der Waals surface area contributed by atoms with Crippen LogP contribution >= 0.6 is 0 Å². The second-order valence-corrected chi connectivity index (χ2v) is 15.9. The molecule has 1 unspecified atom stereocenters. The van der Waals surface area contributed by atoms with Crippen molar-refractivity contribution in [3.63, 3.8) is 0 Å². The van der Waals surface area contributed by atoms with Crippen LogP contribution in [0, 0.1) is 19.8 Å². The van der Waals surface area contributed by atoms with Gasteiger partial charge in [0.1, 0.15) is 6.04 Å². The molecular weight excluding hydrogens is 721 g/mol. The molecule has 9 rings (SSSR count). The van der Waals surface area contributed by atoms with Crippen LogP contribution in [0.5, 0.6) is 0 Å². The van der Waals surface area contributed by atoms with Crippen molar-refractivity contribution < 1.29 is 19.2 Å². The molecule has 4 amide bonds. The Kier molecular flexibility index (Phi) is 9.43. The first-order valence-electron chi connectivity index (χ1n) is 19.8. The van der Waals surface area contributed by atoms with E-state index in [0.29, 0.717) is 28.9 Å². The van der Waals surface area contributed by atoms with Gasteiger partial charge in [0.2, 0.25) is 17.8 Å². The summed E-state index contributed by atoms with van der Waals surface area (Å²) in [7, 11) is 1.89. The Morgan fingerprint density at radius 3 is 2.35 bits per heavy atom. The van der Waals surface area contributed by atoms with Crippen molar-refractivity contribution in [3.05, 3.63) is 94.7 Å². The summed E-state index contributed by atoms with van der Waals surface area (Å²) in [4.78, 5) is 65.9. The van der Waals surface area contributed by atoms with E-state index >= 15 is 0 Å². The van der Waals surface area contributed by atoms with Crippen molar-refractivity contribution in [2.75, 3.05) is 48.3 Å². The molecular formula is C43H46N10O4. The molecule has 14 nitrogen and oxygen atoms in total. The van der Waals surface area contributed by atoms with E-state index < -0.39 is 23.8 Å². The van der Waals surface area contributed by atoms with Gasteiger partial charge in [0, 0.05) is 56.4 Å². The third-order valence-corrected chi connectivity index (χ3v) is 12.1. The highest BCUT2D eigenvalue weighted by molar-refractivity contribution is 6.23. The van der Waals surface area contributed by atoms with E-state index in [9.17, 15) is 19.2 Å². The summed E-state index contributed by atoms with van der Waals surface area (Å²) in [6, 6.07) is 19.3. The number of piperidine rings is 2. The number of carbonyl (C=O) groups is 4. The average molecular weight is 767 g/mol. The number of hydrogen-bond acceptors (Lipinski definition) is 11. The van der Waals surface area contributed by atoms with Gasteiger partial charge in [0.25, 0.3) is 11.8 Å². The molecule has 0 bridgehead atoms. The fraction of sp³-hybridized carbons (Fsp3) is 0.372. The summed E-state index contributed by atoms with van der Waals surface area (Å²) in [5.74, 6) is 0.338. The normalized spacial score (nSPS) is 20.4. The van der Waals surface area contributed by atoms with Gasteiger partial charge in [0.05, 0.1) is 16.5 Å². The Labute approximate surface area is 330 Å². The summed E-state index contributed by atoms with van der Waals surface area (Å²) < 4.78 is 1.78. The summed E-state index contributed by atoms with van der Waals surface area (Å²) in [6.45, 7) is 9.05. The van der Waals surface area contributed by atoms with Crippen LogP contribution in [0.2, 0.25) is 0 Å². The second-order valence-electron chi connectivity index (χ2n) is 15.9. The lowest BCUT2D eigenvalue weighted by Gasteiger charge is -2.34. The van der Waals surface area contributed by atoms with E-state index in [-0.39, 0.29) is 18.7 Å². The molecule has 3 fully saturated rings. The highest BCUT2D eigenvalue weighted by Gasteiger charge is 2.45. The predicted octanol–water partition coefficient (Wildman–Crippen LogP) is 5.57. The molecule has 4 aliphatic rings.